The van der Waals surface area contributed by atoms with Gasteiger partial charge in [-0.15, -0.1) is 0 Å². The van der Waals surface area contributed by atoms with Gasteiger partial charge in [-0.2, -0.15) is 0 Å². The molecule has 1 aliphatic carbocycles. The molecule has 0 saturated carbocycles. The molecule has 2 aromatic rings. The Labute approximate surface area is 153 Å². The Bertz CT molecular complexity index is 801. The van der Waals surface area contributed by atoms with Crippen molar-refractivity contribution in [2.75, 3.05) is 13.7 Å². The molecule has 0 aromatic heterocycles. The molecule has 3 N–H and O–H groups in total. The van der Waals surface area contributed by atoms with Crippen LogP contribution in [0.25, 0.3) is 11.1 Å². The average molecular weight is 352 g/mol. The maximum atomic E-state index is 12.7. The van der Waals surface area contributed by atoms with E-state index in [0.29, 0.717) is 0 Å². The third-order valence-corrected chi connectivity index (χ3v) is 5.19. The van der Waals surface area contributed by atoms with Gasteiger partial charge in [0, 0.05) is 13.0 Å². The molecule has 0 saturated heterocycles. The minimum Gasteiger partial charge on any atom is -0.463 e. The van der Waals surface area contributed by atoms with Crippen molar-refractivity contribution in [3.8, 4) is 11.1 Å². The number of hydrogen-bond acceptors (Lipinski definition) is 4. The van der Waals surface area contributed by atoms with Gasteiger partial charge in [0.25, 0.3) is 5.91 Å². The molecule has 0 aliphatic heterocycles. The number of ether oxygens (including phenoxy) is 1. The van der Waals surface area contributed by atoms with Crippen LogP contribution in [0.3, 0.4) is 0 Å². The summed E-state index contributed by atoms with van der Waals surface area (Å²) < 4.78 is 5.56. The van der Waals surface area contributed by atoms with Crippen LogP contribution in [0.5, 0.6) is 0 Å². The number of carbonyl (C=O) groups is 2. The molecule has 1 amide bonds. The summed E-state index contributed by atoms with van der Waals surface area (Å²) in [6.45, 7) is 3.61. The van der Waals surface area contributed by atoms with E-state index in [1.165, 1.54) is 7.05 Å². The van der Waals surface area contributed by atoms with E-state index < -0.39 is 23.3 Å². The van der Waals surface area contributed by atoms with Crippen molar-refractivity contribution in [3.63, 3.8) is 0 Å². The smallest absolute Gasteiger partial charge is 0.336 e. The maximum absolute atomic E-state index is 12.7. The Morgan fingerprint density at radius 2 is 1.58 bits per heavy atom. The molecule has 0 spiro atoms. The number of nitrogens with two attached hydrogens (primary N) is 1. The number of rotatable bonds is 5. The molecule has 5 heteroatoms. The first kappa shape index (κ1) is 18.1. The van der Waals surface area contributed by atoms with Crippen LogP contribution in [0.2, 0.25) is 0 Å². The lowest BCUT2D eigenvalue weighted by atomic mass is 9.86. The SMILES string of the molecule is CNC(=O)[C@](N)(C(=O)OCC1c2ccccc2-c2ccccc21)C(C)C. The molecule has 0 fully saturated rings. The van der Waals surface area contributed by atoms with Gasteiger partial charge in [0.1, 0.15) is 6.61 Å². The first-order valence-electron chi connectivity index (χ1n) is 8.77. The third-order valence-electron chi connectivity index (χ3n) is 5.19. The fraction of sp³-hybridized carbons (Fsp3) is 0.333. The minimum atomic E-state index is -1.70. The molecule has 136 valence electrons. The third kappa shape index (κ3) is 2.78. The molecule has 1 atom stereocenters. The molecule has 0 radical (unpaired) electrons. The van der Waals surface area contributed by atoms with Crippen molar-refractivity contribution in [2.24, 2.45) is 11.7 Å². The van der Waals surface area contributed by atoms with Crippen molar-refractivity contribution < 1.29 is 14.3 Å². The normalized spacial score (nSPS) is 15.1. The van der Waals surface area contributed by atoms with Crippen molar-refractivity contribution in [1.29, 1.82) is 0 Å². The van der Waals surface area contributed by atoms with Gasteiger partial charge in [0.05, 0.1) is 0 Å². The van der Waals surface area contributed by atoms with E-state index in [0.717, 1.165) is 22.3 Å². The summed E-state index contributed by atoms with van der Waals surface area (Å²) in [4.78, 5) is 24.9. The summed E-state index contributed by atoms with van der Waals surface area (Å²) in [6.07, 6.45) is 0. The van der Waals surface area contributed by atoms with Crippen LogP contribution in [-0.4, -0.2) is 31.1 Å². The van der Waals surface area contributed by atoms with Gasteiger partial charge in [-0.05, 0) is 28.2 Å². The van der Waals surface area contributed by atoms with Gasteiger partial charge < -0.3 is 15.8 Å². The highest BCUT2D eigenvalue weighted by molar-refractivity contribution is 6.07. The van der Waals surface area contributed by atoms with E-state index in [9.17, 15) is 9.59 Å². The van der Waals surface area contributed by atoms with E-state index in [1.54, 1.807) is 13.8 Å². The zero-order valence-electron chi connectivity index (χ0n) is 15.3. The van der Waals surface area contributed by atoms with Crippen LogP contribution in [0.1, 0.15) is 30.9 Å². The fourth-order valence-electron chi connectivity index (χ4n) is 3.52. The molecule has 0 unspecified atom stereocenters. The second-order valence-corrected chi connectivity index (χ2v) is 6.93. The van der Waals surface area contributed by atoms with Crippen molar-refractivity contribution in [3.05, 3.63) is 59.7 Å². The van der Waals surface area contributed by atoms with Crippen molar-refractivity contribution in [1.82, 2.24) is 5.32 Å². The molecule has 26 heavy (non-hydrogen) atoms. The molecule has 1 aliphatic rings. The Hall–Kier alpha value is -2.66. The van der Waals surface area contributed by atoms with Crippen LogP contribution in [0, 0.1) is 5.92 Å². The summed E-state index contributed by atoms with van der Waals surface area (Å²) >= 11 is 0. The molecular weight excluding hydrogens is 328 g/mol. The van der Waals surface area contributed by atoms with Crippen molar-refractivity contribution >= 4 is 11.9 Å². The quantitative estimate of drug-likeness (QED) is 0.640. The van der Waals surface area contributed by atoms with Gasteiger partial charge in [0.15, 0.2) is 5.54 Å². The van der Waals surface area contributed by atoms with Crippen LogP contribution in [0.15, 0.2) is 48.5 Å². The molecule has 5 nitrogen and oxygen atoms in total. The number of likely N-dealkylation sites (N-methyl/N-ethyl adjacent to an activating group) is 1. The Balaban J connectivity index is 1.86. The Morgan fingerprint density at radius 3 is 2.04 bits per heavy atom. The summed E-state index contributed by atoms with van der Waals surface area (Å²) in [7, 11) is 1.46. The topological polar surface area (TPSA) is 81.4 Å². The van der Waals surface area contributed by atoms with Gasteiger partial charge in [-0.1, -0.05) is 62.4 Å². The van der Waals surface area contributed by atoms with Gasteiger partial charge in [-0.3, -0.25) is 4.79 Å². The van der Waals surface area contributed by atoms with E-state index in [2.05, 4.69) is 17.4 Å². The second-order valence-electron chi connectivity index (χ2n) is 6.93. The number of hydrogen-bond donors (Lipinski definition) is 2. The van der Waals surface area contributed by atoms with Crippen LogP contribution < -0.4 is 11.1 Å². The summed E-state index contributed by atoms with van der Waals surface area (Å²) in [6, 6.07) is 16.2. The van der Waals surface area contributed by atoms with Gasteiger partial charge in [-0.25, -0.2) is 4.79 Å². The first-order chi connectivity index (χ1) is 12.4. The number of nitrogens with one attached hydrogen (secondary N) is 1. The predicted octanol–water partition coefficient (Wildman–Crippen LogP) is 2.44. The molecular formula is C21H24N2O3. The number of benzene rings is 2. The highest BCUT2D eigenvalue weighted by Gasteiger charge is 2.46. The Kier molecular flexibility index (Phi) is 4.83. The highest BCUT2D eigenvalue weighted by Crippen LogP contribution is 2.44. The molecule has 3 rings (SSSR count). The summed E-state index contributed by atoms with van der Waals surface area (Å²) in [5.41, 5.74) is 8.96. The van der Waals surface area contributed by atoms with Crippen LogP contribution in [0.4, 0.5) is 0 Å². The standard InChI is InChI=1S/C21H24N2O3/c1-13(2)21(22,19(24)23-3)20(25)26-12-18-16-10-6-4-8-14(16)15-9-5-7-11-17(15)18/h4-11,13,18H,12,22H2,1-3H3,(H,23,24)/t21-/m0/s1. The largest absolute Gasteiger partial charge is 0.463 e. The lowest BCUT2D eigenvalue weighted by molar-refractivity contribution is -0.157. The van der Waals surface area contributed by atoms with Gasteiger partial charge >= 0.3 is 5.97 Å². The number of amides is 1. The summed E-state index contributed by atoms with van der Waals surface area (Å²) in [5, 5.41) is 2.46. The van der Waals surface area contributed by atoms with E-state index in [4.69, 9.17) is 10.5 Å². The number of fused-ring (bicyclic) bond motifs is 3. The molecule has 2 aromatic carbocycles. The minimum absolute atomic E-state index is 0.0625. The average Bonchev–Trinajstić information content (AvgIpc) is 2.98. The van der Waals surface area contributed by atoms with Crippen LogP contribution >= 0.6 is 0 Å². The fourth-order valence-corrected chi connectivity index (χ4v) is 3.52. The van der Waals surface area contributed by atoms with Crippen molar-refractivity contribution in [2.45, 2.75) is 25.3 Å². The summed E-state index contributed by atoms with van der Waals surface area (Å²) in [5.74, 6) is -1.69. The van der Waals surface area contributed by atoms with E-state index in [-0.39, 0.29) is 12.5 Å². The second kappa shape index (κ2) is 6.92. The number of carbonyl (C=O) groups excluding carboxylic acids is 2. The van der Waals surface area contributed by atoms with E-state index in [1.807, 2.05) is 36.4 Å². The Morgan fingerprint density at radius 1 is 1.08 bits per heavy atom. The lowest BCUT2D eigenvalue weighted by Crippen LogP contribution is -2.63. The predicted molar refractivity (Wildman–Crippen MR) is 101 cm³/mol. The zero-order chi connectivity index (χ0) is 18.9. The molecule has 0 bridgehead atoms. The lowest BCUT2D eigenvalue weighted by Gasteiger charge is -2.29. The first-order valence-corrected chi connectivity index (χ1v) is 8.77. The molecule has 0 heterocycles. The maximum Gasteiger partial charge on any atom is 0.336 e. The number of esters is 1. The van der Waals surface area contributed by atoms with Gasteiger partial charge in [0.2, 0.25) is 0 Å². The van der Waals surface area contributed by atoms with Crippen LogP contribution in [-0.2, 0) is 14.3 Å². The van der Waals surface area contributed by atoms with E-state index >= 15 is 0 Å². The highest BCUT2D eigenvalue weighted by atomic mass is 16.5. The zero-order valence-corrected chi connectivity index (χ0v) is 15.3. The monoisotopic (exact) mass is 352 g/mol.